The van der Waals surface area contributed by atoms with Crippen LogP contribution in [-0.2, 0) is 4.74 Å². The van der Waals surface area contributed by atoms with Crippen LogP contribution in [0.25, 0.3) is 0 Å². The van der Waals surface area contributed by atoms with Crippen LogP contribution in [0.1, 0.15) is 64.7 Å². The van der Waals surface area contributed by atoms with Gasteiger partial charge in [0.2, 0.25) is 4.11 Å². The molecule has 88 valence electrons. The summed E-state index contributed by atoms with van der Waals surface area (Å²) in [5, 5.41) is 0. The van der Waals surface area contributed by atoms with E-state index in [9.17, 15) is 0 Å². The van der Waals surface area contributed by atoms with Crippen molar-refractivity contribution in [3.05, 3.63) is 11.8 Å². The zero-order valence-corrected chi connectivity index (χ0v) is 12.0. The summed E-state index contributed by atoms with van der Waals surface area (Å²) in [5.41, 5.74) is 0. The highest BCUT2D eigenvalue weighted by molar-refractivity contribution is 14.1. The van der Waals surface area contributed by atoms with Crippen molar-refractivity contribution in [1.29, 1.82) is 0 Å². The molecular weight excluding hydrogens is 299 g/mol. The summed E-state index contributed by atoms with van der Waals surface area (Å²) in [6.45, 7) is 2.27. The molecule has 1 aliphatic rings. The number of hydrogen-bond acceptors (Lipinski definition) is 1. The minimum atomic E-state index is 0.400. The molecule has 0 radical (unpaired) electrons. The first kappa shape index (κ1) is 13.3. The molecular formula is C13H23IO. The maximum Gasteiger partial charge on any atom is 0.205 e. The van der Waals surface area contributed by atoms with Gasteiger partial charge in [-0.3, -0.25) is 0 Å². The third-order valence-corrected chi connectivity index (χ3v) is 3.68. The van der Waals surface area contributed by atoms with Crippen LogP contribution >= 0.6 is 22.6 Å². The molecule has 1 unspecified atom stereocenters. The number of hydrogen-bond donors (Lipinski definition) is 0. The lowest BCUT2D eigenvalue weighted by molar-refractivity contribution is 0.498. The fourth-order valence-electron chi connectivity index (χ4n) is 1.75. The van der Waals surface area contributed by atoms with E-state index in [4.69, 9.17) is 4.74 Å². The molecule has 0 spiro atoms. The standard InChI is InChI=1S/C13H23IO/c1-2-3-4-5-6-7-8-9-10-11-12-13(14)15-12/h11,13H,2-10H2,1H3. The van der Waals surface area contributed by atoms with Crippen molar-refractivity contribution in [3.63, 3.8) is 0 Å². The van der Waals surface area contributed by atoms with Crippen molar-refractivity contribution in [2.24, 2.45) is 0 Å². The van der Waals surface area contributed by atoms with Gasteiger partial charge in [-0.15, -0.1) is 0 Å². The maximum absolute atomic E-state index is 5.24. The van der Waals surface area contributed by atoms with E-state index in [1.165, 1.54) is 63.5 Å². The van der Waals surface area contributed by atoms with Crippen molar-refractivity contribution >= 4 is 22.6 Å². The maximum atomic E-state index is 5.24. The zero-order valence-electron chi connectivity index (χ0n) is 9.80. The van der Waals surface area contributed by atoms with Crippen LogP contribution in [0.3, 0.4) is 0 Å². The second kappa shape index (κ2) is 8.43. The van der Waals surface area contributed by atoms with Gasteiger partial charge in [-0.1, -0.05) is 51.9 Å². The molecule has 0 aromatic rings. The zero-order chi connectivity index (χ0) is 10.9. The highest BCUT2D eigenvalue weighted by Gasteiger charge is 2.27. The second-order valence-corrected chi connectivity index (χ2v) is 5.44. The van der Waals surface area contributed by atoms with Gasteiger partial charge in [0.1, 0.15) is 5.76 Å². The van der Waals surface area contributed by atoms with Gasteiger partial charge < -0.3 is 4.74 Å². The van der Waals surface area contributed by atoms with E-state index < -0.39 is 0 Å². The largest absolute Gasteiger partial charge is 0.472 e. The Labute approximate surface area is 108 Å². The lowest BCUT2D eigenvalue weighted by Crippen LogP contribution is -1.79. The third kappa shape index (κ3) is 7.20. The smallest absolute Gasteiger partial charge is 0.205 e. The monoisotopic (exact) mass is 322 g/mol. The number of epoxide rings is 1. The van der Waals surface area contributed by atoms with Crippen LogP contribution < -0.4 is 0 Å². The Morgan fingerprint density at radius 3 is 2.13 bits per heavy atom. The molecule has 15 heavy (non-hydrogen) atoms. The Balaban J connectivity index is 1.74. The third-order valence-electron chi connectivity index (χ3n) is 2.81. The first-order chi connectivity index (χ1) is 7.34. The van der Waals surface area contributed by atoms with Gasteiger partial charge in [0, 0.05) is 0 Å². The summed E-state index contributed by atoms with van der Waals surface area (Å²) in [5.74, 6) is 1.21. The molecule has 1 heterocycles. The number of ether oxygens (including phenoxy) is 1. The van der Waals surface area contributed by atoms with Crippen LogP contribution in [0.5, 0.6) is 0 Å². The summed E-state index contributed by atoms with van der Waals surface area (Å²) < 4.78 is 5.64. The van der Waals surface area contributed by atoms with Crippen molar-refractivity contribution in [3.8, 4) is 0 Å². The van der Waals surface area contributed by atoms with Crippen LogP contribution in [0.4, 0.5) is 0 Å². The molecule has 1 nitrogen and oxygen atoms in total. The van der Waals surface area contributed by atoms with E-state index in [-0.39, 0.29) is 0 Å². The highest BCUT2D eigenvalue weighted by atomic mass is 127. The molecule has 1 fully saturated rings. The molecule has 2 heteroatoms. The molecule has 1 saturated heterocycles. The van der Waals surface area contributed by atoms with Crippen LogP contribution in [-0.4, -0.2) is 4.11 Å². The molecule has 0 aromatic carbocycles. The highest BCUT2D eigenvalue weighted by Crippen LogP contribution is 2.33. The molecule has 0 N–H and O–H groups in total. The Kier molecular flexibility index (Phi) is 7.49. The van der Waals surface area contributed by atoms with Gasteiger partial charge in [0.05, 0.1) is 0 Å². The molecule has 1 aliphatic heterocycles. The lowest BCUT2D eigenvalue weighted by Gasteiger charge is -1.99. The fourth-order valence-corrected chi connectivity index (χ4v) is 2.30. The van der Waals surface area contributed by atoms with Gasteiger partial charge in [0.15, 0.2) is 0 Å². The van der Waals surface area contributed by atoms with Gasteiger partial charge in [-0.25, -0.2) is 0 Å². The van der Waals surface area contributed by atoms with E-state index in [0.717, 1.165) is 0 Å². The van der Waals surface area contributed by atoms with E-state index in [1.807, 2.05) is 0 Å². The predicted molar refractivity (Wildman–Crippen MR) is 74.2 cm³/mol. The van der Waals surface area contributed by atoms with Crippen molar-refractivity contribution in [2.45, 2.75) is 68.8 Å². The topological polar surface area (TPSA) is 12.5 Å². The normalized spacial score (nSPS) is 21.7. The van der Waals surface area contributed by atoms with E-state index in [2.05, 4.69) is 35.6 Å². The summed E-state index contributed by atoms with van der Waals surface area (Å²) in [6.07, 6.45) is 14.7. The summed E-state index contributed by atoms with van der Waals surface area (Å²) >= 11 is 2.31. The van der Waals surface area contributed by atoms with Crippen LogP contribution in [0.2, 0.25) is 0 Å². The Hall–Kier alpha value is 0.270. The number of unbranched alkanes of at least 4 members (excludes halogenated alkanes) is 8. The molecule has 0 bridgehead atoms. The summed E-state index contributed by atoms with van der Waals surface area (Å²) in [4.78, 5) is 0. The summed E-state index contributed by atoms with van der Waals surface area (Å²) in [7, 11) is 0. The fraction of sp³-hybridized carbons (Fsp3) is 0.846. The number of rotatable bonds is 9. The SMILES string of the molecule is CCCCCCCCCCC=C1OC1I. The molecule has 0 amide bonds. The average molecular weight is 322 g/mol. The number of allylic oxidation sites excluding steroid dienone is 1. The molecule has 1 rings (SSSR count). The minimum absolute atomic E-state index is 0.400. The first-order valence-corrected chi connectivity index (χ1v) is 7.60. The minimum Gasteiger partial charge on any atom is -0.472 e. The first-order valence-electron chi connectivity index (χ1n) is 6.35. The molecule has 0 aromatic heterocycles. The molecule has 1 atom stereocenters. The quantitative estimate of drug-likeness (QED) is 0.246. The van der Waals surface area contributed by atoms with Crippen LogP contribution in [0.15, 0.2) is 11.8 Å². The average Bonchev–Trinajstić information content (AvgIpc) is 2.92. The van der Waals surface area contributed by atoms with Gasteiger partial charge in [-0.2, -0.15) is 0 Å². The van der Waals surface area contributed by atoms with Crippen molar-refractivity contribution < 1.29 is 4.74 Å². The predicted octanol–water partition coefficient (Wildman–Crippen LogP) is 5.19. The lowest BCUT2D eigenvalue weighted by atomic mass is 10.1. The van der Waals surface area contributed by atoms with Crippen molar-refractivity contribution in [2.75, 3.05) is 0 Å². The van der Waals surface area contributed by atoms with Crippen molar-refractivity contribution in [1.82, 2.24) is 0 Å². The summed E-state index contributed by atoms with van der Waals surface area (Å²) in [6, 6.07) is 0. The van der Waals surface area contributed by atoms with E-state index in [0.29, 0.717) is 4.11 Å². The van der Waals surface area contributed by atoms with Gasteiger partial charge in [-0.05, 0) is 41.5 Å². The number of alkyl halides is 1. The second-order valence-electron chi connectivity index (χ2n) is 4.30. The number of halogens is 1. The van der Waals surface area contributed by atoms with E-state index in [1.54, 1.807) is 0 Å². The van der Waals surface area contributed by atoms with Gasteiger partial charge >= 0.3 is 0 Å². The van der Waals surface area contributed by atoms with Gasteiger partial charge in [0.25, 0.3) is 0 Å². The Bertz CT molecular complexity index is 189. The Morgan fingerprint density at radius 1 is 1.07 bits per heavy atom. The van der Waals surface area contributed by atoms with Crippen LogP contribution in [0, 0.1) is 0 Å². The van der Waals surface area contributed by atoms with E-state index >= 15 is 0 Å². The Morgan fingerprint density at radius 2 is 1.60 bits per heavy atom. The molecule has 0 aliphatic carbocycles. The molecule has 0 saturated carbocycles.